The molecule has 1 N–H and O–H groups in total. The lowest BCUT2D eigenvalue weighted by Gasteiger charge is -2.39. The van der Waals surface area contributed by atoms with E-state index < -0.39 is 5.97 Å². The maximum absolute atomic E-state index is 11.8. The molecule has 122 valence electrons. The Labute approximate surface area is 141 Å². The fourth-order valence-corrected chi connectivity index (χ4v) is 4.52. The summed E-state index contributed by atoms with van der Waals surface area (Å²) >= 11 is 1.81. The lowest BCUT2D eigenvalue weighted by molar-refractivity contribution is -0.145. The smallest absolute Gasteiger partial charge is 0.320 e. The van der Waals surface area contributed by atoms with Gasteiger partial charge in [-0.2, -0.15) is 0 Å². The van der Waals surface area contributed by atoms with Crippen molar-refractivity contribution in [2.45, 2.75) is 44.7 Å². The predicted octanol–water partition coefficient (Wildman–Crippen LogP) is 4.34. The van der Waals surface area contributed by atoms with E-state index in [1.165, 1.54) is 15.3 Å². The van der Waals surface area contributed by atoms with Crippen LogP contribution in [0.3, 0.4) is 0 Å². The Balaban J connectivity index is 2.02. The van der Waals surface area contributed by atoms with E-state index in [1.54, 1.807) is 0 Å². The number of benzene rings is 1. The Hall–Kier alpha value is -1.65. The average Bonchev–Trinajstić information content (AvgIpc) is 3.05. The van der Waals surface area contributed by atoms with Gasteiger partial charge in [0.25, 0.3) is 0 Å². The van der Waals surface area contributed by atoms with Crippen LogP contribution in [0.5, 0.6) is 0 Å². The molecule has 1 aliphatic heterocycles. The molecule has 1 aromatic heterocycles. The van der Waals surface area contributed by atoms with Crippen molar-refractivity contribution in [3.05, 3.63) is 57.8 Å². The van der Waals surface area contributed by atoms with E-state index in [0.717, 1.165) is 32.2 Å². The van der Waals surface area contributed by atoms with Gasteiger partial charge in [-0.15, -0.1) is 11.3 Å². The number of thiophene rings is 1. The topological polar surface area (TPSA) is 40.5 Å². The fraction of sp³-hybridized carbons (Fsp3) is 0.421. The van der Waals surface area contributed by atoms with Crippen LogP contribution in [-0.2, 0) is 11.2 Å². The Kier molecular flexibility index (Phi) is 5.13. The van der Waals surface area contributed by atoms with E-state index in [4.69, 9.17) is 0 Å². The molecule has 2 heterocycles. The second-order valence-corrected chi connectivity index (χ2v) is 7.26. The molecule has 0 bridgehead atoms. The maximum atomic E-state index is 11.8. The summed E-state index contributed by atoms with van der Waals surface area (Å²) in [6.07, 6.45) is 3.83. The molecular weight excluding hydrogens is 306 g/mol. The number of carboxylic acids is 1. The van der Waals surface area contributed by atoms with Gasteiger partial charge in [-0.1, -0.05) is 43.7 Å². The summed E-state index contributed by atoms with van der Waals surface area (Å²) in [5, 5.41) is 9.66. The molecule has 0 saturated carbocycles. The van der Waals surface area contributed by atoms with Crippen LogP contribution in [0, 0.1) is 0 Å². The van der Waals surface area contributed by atoms with Gasteiger partial charge >= 0.3 is 5.97 Å². The van der Waals surface area contributed by atoms with Gasteiger partial charge in [0.1, 0.15) is 6.04 Å². The van der Waals surface area contributed by atoms with Gasteiger partial charge in [0, 0.05) is 9.75 Å². The summed E-state index contributed by atoms with van der Waals surface area (Å²) in [4.78, 5) is 16.5. The van der Waals surface area contributed by atoms with Crippen LogP contribution in [0.1, 0.15) is 47.5 Å². The second-order valence-electron chi connectivity index (χ2n) is 6.06. The van der Waals surface area contributed by atoms with Crippen LogP contribution in [0.2, 0.25) is 0 Å². The van der Waals surface area contributed by atoms with Crippen LogP contribution in [0.4, 0.5) is 0 Å². The zero-order valence-corrected chi connectivity index (χ0v) is 14.3. The Morgan fingerprint density at radius 3 is 2.70 bits per heavy atom. The number of hydrogen-bond acceptors (Lipinski definition) is 3. The molecule has 23 heavy (non-hydrogen) atoms. The van der Waals surface area contributed by atoms with Crippen LogP contribution in [-0.4, -0.2) is 28.6 Å². The Morgan fingerprint density at radius 1 is 1.26 bits per heavy atom. The van der Waals surface area contributed by atoms with Crippen LogP contribution in [0.15, 0.2) is 42.5 Å². The molecule has 1 saturated heterocycles. The van der Waals surface area contributed by atoms with Gasteiger partial charge in [-0.25, -0.2) is 0 Å². The summed E-state index contributed by atoms with van der Waals surface area (Å²) in [6, 6.07) is 14.3. The van der Waals surface area contributed by atoms with Gasteiger partial charge in [-0.3, -0.25) is 9.69 Å². The van der Waals surface area contributed by atoms with Gasteiger partial charge < -0.3 is 5.11 Å². The molecule has 4 heteroatoms. The van der Waals surface area contributed by atoms with E-state index in [-0.39, 0.29) is 12.1 Å². The number of nitrogens with zero attached hydrogens (tertiary/aromatic N) is 1. The molecule has 0 spiro atoms. The molecule has 3 rings (SSSR count). The molecule has 3 nitrogen and oxygen atoms in total. The quantitative estimate of drug-likeness (QED) is 0.887. The molecular formula is C19H23NO2S. The van der Waals surface area contributed by atoms with E-state index in [2.05, 4.69) is 36.1 Å². The van der Waals surface area contributed by atoms with Crippen LogP contribution >= 0.6 is 11.3 Å². The largest absolute Gasteiger partial charge is 0.480 e. The number of rotatable bonds is 5. The monoisotopic (exact) mass is 329 g/mol. The van der Waals surface area contributed by atoms with Crippen molar-refractivity contribution < 1.29 is 9.90 Å². The van der Waals surface area contributed by atoms with Crippen molar-refractivity contribution >= 4 is 17.3 Å². The standard InChI is InChI=1S/C19H23NO2S/c1-2-15-11-12-17(23-15)18(14-8-4-3-5-9-14)20-13-7-6-10-16(20)19(21)22/h3-5,8-9,11-12,16,18H,2,6-7,10,13H2,1H3,(H,21,22). The van der Waals surface area contributed by atoms with Crippen molar-refractivity contribution in [3.8, 4) is 0 Å². The third-order valence-electron chi connectivity index (χ3n) is 4.58. The summed E-state index contributed by atoms with van der Waals surface area (Å²) in [6.45, 7) is 3.00. The lowest BCUT2D eigenvalue weighted by Crippen LogP contribution is -2.46. The number of aryl methyl sites for hydroxylation is 1. The highest BCUT2D eigenvalue weighted by Gasteiger charge is 2.35. The molecule has 0 aliphatic carbocycles. The van der Waals surface area contributed by atoms with Gasteiger partial charge in [0.15, 0.2) is 0 Å². The van der Waals surface area contributed by atoms with Gasteiger partial charge in [0.2, 0.25) is 0 Å². The predicted molar refractivity (Wildman–Crippen MR) is 94.0 cm³/mol. The molecule has 1 fully saturated rings. The fourth-order valence-electron chi connectivity index (χ4n) is 3.41. The van der Waals surface area contributed by atoms with Crippen molar-refractivity contribution in [2.24, 2.45) is 0 Å². The first-order chi connectivity index (χ1) is 11.2. The van der Waals surface area contributed by atoms with Gasteiger partial charge in [0.05, 0.1) is 6.04 Å². The minimum atomic E-state index is -0.696. The maximum Gasteiger partial charge on any atom is 0.320 e. The number of aliphatic carboxylic acids is 1. The summed E-state index contributed by atoms with van der Waals surface area (Å²) in [5.74, 6) is -0.696. The van der Waals surface area contributed by atoms with Crippen LogP contribution in [0.25, 0.3) is 0 Å². The van der Waals surface area contributed by atoms with E-state index in [1.807, 2.05) is 29.5 Å². The molecule has 1 aromatic carbocycles. The van der Waals surface area contributed by atoms with Crippen molar-refractivity contribution in [2.75, 3.05) is 6.54 Å². The minimum absolute atomic E-state index is 0.0444. The number of carbonyl (C=O) groups is 1. The summed E-state index contributed by atoms with van der Waals surface area (Å²) in [5.41, 5.74) is 1.19. The highest BCUT2D eigenvalue weighted by Crippen LogP contribution is 2.37. The molecule has 2 aromatic rings. The van der Waals surface area contributed by atoms with Crippen molar-refractivity contribution in [1.29, 1.82) is 0 Å². The summed E-state index contributed by atoms with van der Waals surface area (Å²) in [7, 11) is 0. The van der Waals surface area contributed by atoms with E-state index in [9.17, 15) is 9.90 Å². The third kappa shape index (κ3) is 3.48. The first kappa shape index (κ1) is 16.2. The highest BCUT2D eigenvalue weighted by atomic mass is 32.1. The summed E-state index contributed by atoms with van der Waals surface area (Å²) < 4.78 is 0. The number of likely N-dealkylation sites (tertiary alicyclic amines) is 1. The molecule has 2 atom stereocenters. The number of piperidine rings is 1. The Morgan fingerprint density at radius 2 is 2.04 bits per heavy atom. The van der Waals surface area contributed by atoms with Crippen molar-refractivity contribution in [1.82, 2.24) is 4.90 Å². The highest BCUT2D eigenvalue weighted by molar-refractivity contribution is 7.12. The first-order valence-corrected chi connectivity index (χ1v) is 9.14. The minimum Gasteiger partial charge on any atom is -0.480 e. The van der Waals surface area contributed by atoms with Gasteiger partial charge in [-0.05, 0) is 43.5 Å². The molecule has 2 unspecified atom stereocenters. The zero-order valence-electron chi connectivity index (χ0n) is 13.4. The van der Waals surface area contributed by atoms with E-state index >= 15 is 0 Å². The molecule has 0 amide bonds. The Bertz CT molecular complexity index is 652. The molecule has 0 radical (unpaired) electrons. The van der Waals surface area contributed by atoms with E-state index in [0.29, 0.717) is 0 Å². The third-order valence-corrected chi connectivity index (χ3v) is 5.86. The number of carboxylic acid groups (broad SMARTS) is 1. The normalized spacial score (nSPS) is 20.3. The lowest BCUT2D eigenvalue weighted by atomic mass is 9.95. The molecule has 1 aliphatic rings. The zero-order chi connectivity index (χ0) is 16.2. The second kappa shape index (κ2) is 7.28. The van der Waals surface area contributed by atoms with Crippen molar-refractivity contribution in [3.63, 3.8) is 0 Å². The SMILES string of the molecule is CCc1ccc(C(c2ccccc2)N2CCCCC2C(=O)O)s1. The van der Waals surface area contributed by atoms with Crippen LogP contribution < -0.4 is 0 Å². The first-order valence-electron chi connectivity index (χ1n) is 8.32. The average molecular weight is 329 g/mol. The number of hydrogen-bond donors (Lipinski definition) is 1.